The molecule has 0 spiro atoms. The molecule has 2 amide bonds. The molecule has 0 radical (unpaired) electrons. The zero-order valence-corrected chi connectivity index (χ0v) is 8.08. The fraction of sp³-hybridized carbons (Fsp3) is 0.889. The third-order valence-corrected chi connectivity index (χ3v) is 2.68. The number of methoxy groups -OCH3 is 1. The van der Waals surface area contributed by atoms with E-state index in [4.69, 9.17) is 10.5 Å². The first-order valence-corrected chi connectivity index (χ1v) is 4.80. The predicted octanol–water partition coefficient (Wildman–Crippen LogP) is 0.860. The average Bonchev–Trinajstić information content (AvgIpc) is 2.15. The molecule has 4 heteroatoms. The van der Waals surface area contributed by atoms with Crippen molar-refractivity contribution in [1.29, 1.82) is 0 Å². The minimum Gasteiger partial charge on any atom is -0.381 e. The van der Waals surface area contributed by atoms with Gasteiger partial charge in [-0.2, -0.15) is 0 Å². The van der Waals surface area contributed by atoms with E-state index in [2.05, 4.69) is 5.32 Å². The van der Waals surface area contributed by atoms with E-state index in [1.807, 2.05) is 0 Å². The molecule has 0 aliphatic heterocycles. The van der Waals surface area contributed by atoms with Gasteiger partial charge in [0.2, 0.25) is 0 Å². The van der Waals surface area contributed by atoms with E-state index in [0.29, 0.717) is 18.6 Å². The number of hydrogen-bond donors (Lipinski definition) is 2. The van der Waals surface area contributed by atoms with Crippen LogP contribution in [0.2, 0.25) is 0 Å². The Kier molecular flexibility index (Phi) is 4.02. The van der Waals surface area contributed by atoms with Gasteiger partial charge in [-0.15, -0.1) is 0 Å². The molecule has 1 aliphatic rings. The molecule has 1 saturated carbocycles. The van der Waals surface area contributed by atoms with Crippen molar-refractivity contribution >= 4 is 6.03 Å². The summed E-state index contributed by atoms with van der Waals surface area (Å²) in [4.78, 5) is 10.5. The summed E-state index contributed by atoms with van der Waals surface area (Å²) in [6, 6.07) is -0.444. The molecule has 76 valence electrons. The molecule has 13 heavy (non-hydrogen) atoms. The third kappa shape index (κ3) is 3.22. The highest BCUT2D eigenvalue weighted by molar-refractivity contribution is 5.71. The van der Waals surface area contributed by atoms with Gasteiger partial charge in [-0.05, 0) is 12.8 Å². The molecule has 0 saturated heterocycles. The number of hydrogen-bond acceptors (Lipinski definition) is 2. The van der Waals surface area contributed by atoms with E-state index in [9.17, 15) is 4.79 Å². The lowest BCUT2D eigenvalue weighted by Crippen LogP contribution is -2.39. The number of carbonyl (C=O) groups is 1. The summed E-state index contributed by atoms with van der Waals surface area (Å²) in [5, 5.41) is 2.64. The van der Waals surface area contributed by atoms with Gasteiger partial charge in [0, 0.05) is 19.6 Å². The Bertz CT molecular complexity index is 173. The van der Waals surface area contributed by atoms with Gasteiger partial charge >= 0.3 is 6.03 Å². The maximum atomic E-state index is 10.5. The van der Waals surface area contributed by atoms with E-state index in [-0.39, 0.29) is 0 Å². The van der Waals surface area contributed by atoms with E-state index in [0.717, 1.165) is 12.8 Å². The molecule has 0 unspecified atom stereocenters. The molecule has 3 N–H and O–H groups in total. The number of carbonyl (C=O) groups excluding carboxylic acids is 1. The lowest BCUT2D eigenvalue weighted by atomic mass is 9.86. The van der Waals surface area contributed by atoms with Crippen LogP contribution in [0.15, 0.2) is 0 Å². The topological polar surface area (TPSA) is 64.3 Å². The van der Waals surface area contributed by atoms with Gasteiger partial charge < -0.3 is 15.8 Å². The average molecular weight is 186 g/mol. The largest absolute Gasteiger partial charge is 0.381 e. The number of urea groups is 1. The summed E-state index contributed by atoms with van der Waals surface area (Å²) in [5.74, 6) is 0.436. The van der Waals surface area contributed by atoms with Gasteiger partial charge in [-0.3, -0.25) is 0 Å². The molecule has 1 rings (SSSR count). The molecule has 0 heterocycles. The highest BCUT2D eigenvalue weighted by Crippen LogP contribution is 2.25. The standard InChI is InChI=1S/C9H18N2O2/c1-13-8-5-3-2-4-7(8)6-11-9(10)12/h7-8H,2-6H2,1H3,(H3,10,11,12)/t7-,8-/m0/s1. The van der Waals surface area contributed by atoms with Crippen LogP contribution in [-0.4, -0.2) is 25.8 Å². The zero-order chi connectivity index (χ0) is 9.68. The van der Waals surface area contributed by atoms with Gasteiger partial charge in [-0.1, -0.05) is 12.8 Å². The number of nitrogens with one attached hydrogen (secondary N) is 1. The summed E-state index contributed by atoms with van der Waals surface area (Å²) in [6.45, 7) is 0.647. The Morgan fingerprint density at radius 2 is 2.23 bits per heavy atom. The highest BCUT2D eigenvalue weighted by Gasteiger charge is 2.24. The fourth-order valence-corrected chi connectivity index (χ4v) is 1.95. The second-order valence-electron chi connectivity index (χ2n) is 3.56. The van der Waals surface area contributed by atoms with Gasteiger partial charge in [0.1, 0.15) is 0 Å². The lowest BCUT2D eigenvalue weighted by molar-refractivity contribution is 0.0251. The minimum absolute atomic E-state index is 0.292. The zero-order valence-electron chi connectivity index (χ0n) is 8.08. The summed E-state index contributed by atoms with van der Waals surface area (Å²) in [5.41, 5.74) is 5.01. The van der Waals surface area contributed by atoms with Gasteiger partial charge in [0.25, 0.3) is 0 Å². The second kappa shape index (κ2) is 5.07. The van der Waals surface area contributed by atoms with Crippen LogP contribution < -0.4 is 11.1 Å². The summed E-state index contributed by atoms with van der Waals surface area (Å²) < 4.78 is 5.34. The SMILES string of the molecule is CO[C@H]1CCCC[C@H]1CNC(N)=O. The van der Waals surface area contributed by atoms with Gasteiger partial charge in [0.05, 0.1) is 6.10 Å². The lowest BCUT2D eigenvalue weighted by Gasteiger charge is -2.30. The Balaban J connectivity index is 2.31. The Morgan fingerprint density at radius 3 is 2.85 bits per heavy atom. The maximum Gasteiger partial charge on any atom is 0.312 e. The molecule has 0 aromatic rings. The molecule has 1 aliphatic carbocycles. The number of ether oxygens (including phenoxy) is 1. The van der Waals surface area contributed by atoms with Crippen LogP contribution in [0.1, 0.15) is 25.7 Å². The molecular weight excluding hydrogens is 168 g/mol. The van der Waals surface area contributed by atoms with E-state index < -0.39 is 6.03 Å². The number of amides is 2. The first-order valence-electron chi connectivity index (χ1n) is 4.80. The minimum atomic E-state index is -0.444. The Morgan fingerprint density at radius 1 is 1.54 bits per heavy atom. The van der Waals surface area contributed by atoms with E-state index in [1.165, 1.54) is 12.8 Å². The van der Waals surface area contributed by atoms with Crippen LogP contribution in [0.4, 0.5) is 4.79 Å². The van der Waals surface area contributed by atoms with Crippen molar-refractivity contribution in [2.45, 2.75) is 31.8 Å². The van der Waals surface area contributed by atoms with Crippen LogP contribution in [-0.2, 0) is 4.74 Å². The van der Waals surface area contributed by atoms with Crippen LogP contribution in [0.25, 0.3) is 0 Å². The smallest absolute Gasteiger partial charge is 0.312 e. The van der Waals surface area contributed by atoms with Crippen LogP contribution >= 0.6 is 0 Å². The van der Waals surface area contributed by atoms with Crippen LogP contribution in [0.5, 0.6) is 0 Å². The molecule has 4 nitrogen and oxygen atoms in total. The normalized spacial score (nSPS) is 28.4. The first-order chi connectivity index (χ1) is 6.24. The Labute approximate surface area is 78.8 Å². The van der Waals surface area contributed by atoms with E-state index >= 15 is 0 Å². The summed E-state index contributed by atoms with van der Waals surface area (Å²) in [6.07, 6.45) is 4.97. The van der Waals surface area contributed by atoms with Gasteiger partial charge in [0.15, 0.2) is 0 Å². The number of rotatable bonds is 3. The quantitative estimate of drug-likeness (QED) is 0.686. The first kappa shape index (κ1) is 10.3. The van der Waals surface area contributed by atoms with Crippen LogP contribution in [0.3, 0.4) is 0 Å². The Hall–Kier alpha value is -0.770. The van der Waals surface area contributed by atoms with Crippen molar-refractivity contribution in [3.63, 3.8) is 0 Å². The number of nitrogens with two attached hydrogens (primary N) is 1. The summed E-state index contributed by atoms with van der Waals surface area (Å²) >= 11 is 0. The summed E-state index contributed by atoms with van der Waals surface area (Å²) in [7, 11) is 1.73. The van der Waals surface area contributed by atoms with E-state index in [1.54, 1.807) is 7.11 Å². The fourth-order valence-electron chi connectivity index (χ4n) is 1.95. The van der Waals surface area contributed by atoms with Crippen LogP contribution in [0, 0.1) is 5.92 Å². The monoisotopic (exact) mass is 186 g/mol. The molecular formula is C9H18N2O2. The highest BCUT2D eigenvalue weighted by atomic mass is 16.5. The van der Waals surface area contributed by atoms with Crippen molar-refractivity contribution in [2.75, 3.05) is 13.7 Å². The van der Waals surface area contributed by atoms with Crippen molar-refractivity contribution in [1.82, 2.24) is 5.32 Å². The molecule has 0 bridgehead atoms. The molecule has 0 aromatic heterocycles. The van der Waals surface area contributed by atoms with Gasteiger partial charge in [-0.25, -0.2) is 4.79 Å². The molecule has 2 atom stereocenters. The predicted molar refractivity (Wildman–Crippen MR) is 50.3 cm³/mol. The van der Waals surface area contributed by atoms with Crippen molar-refractivity contribution in [3.05, 3.63) is 0 Å². The maximum absolute atomic E-state index is 10.5. The second-order valence-corrected chi connectivity index (χ2v) is 3.56. The number of primary amides is 1. The molecule has 0 aromatic carbocycles. The van der Waals surface area contributed by atoms with Crippen molar-refractivity contribution < 1.29 is 9.53 Å². The van der Waals surface area contributed by atoms with Crippen molar-refractivity contribution in [3.8, 4) is 0 Å². The third-order valence-electron chi connectivity index (χ3n) is 2.68. The molecule has 1 fully saturated rings. The van der Waals surface area contributed by atoms with Crippen molar-refractivity contribution in [2.24, 2.45) is 11.7 Å².